The summed E-state index contributed by atoms with van der Waals surface area (Å²) < 4.78 is 0. The number of piperazine rings is 1. The Kier molecular flexibility index (Phi) is 7.68. The summed E-state index contributed by atoms with van der Waals surface area (Å²) in [5, 5.41) is 12.9. The van der Waals surface area contributed by atoms with Crippen LogP contribution in [-0.2, 0) is 9.59 Å². The van der Waals surface area contributed by atoms with Gasteiger partial charge in [-0.3, -0.25) is 14.5 Å². The third kappa shape index (κ3) is 5.47. The molecular weight excluding hydrogens is 506 g/mol. The molecule has 2 aliphatic heterocycles. The van der Waals surface area contributed by atoms with Crippen LogP contribution in [0, 0.1) is 0 Å². The van der Waals surface area contributed by atoms with Crippen LogP contribution in [0.5, 0.6) is 0 Å². The number of nitrogens with zero attached hydrogens (tertiary/aromatic N) is 4. The van der Waals surface area contributed by atoms with Crippen molar-refractivity contribution in [1.82, 2.24) is 9.80 Å². The molecule has 9 heteroatoms. The summed E-state index contributed by atoms with van der Waals surface area (Å²) in [7, 11) is 5.52. The lowest BCUT2D eigenvalue weighted by molar-refractivity contribution is -0.119. The van der Waals surface area contributed by atoms with Crippen LogP contribution in [0.2, 0.25) is 0 Å². The summed E-state index contributed by atoms with van der Waals surface area (Å²) in [6.07, 6.45) is 0. The molecule has 9 nitrogen and oxygen atoms in total. The number of hydrogen-bond acceptors (Lipinski definition) is 6. The van der Waals surface area contributed by atoms with Gasteiger partial charge in [-0.25, -0.2) is 4.79 Å². The molecule has 3 aromatic rings. The molecule has 2 N–H and O–H groups in total. The average molecular weight is 540 g/mol. The van der Waals surface area contributed by atoms with Gasteiger partial charge in [0.25, 0.3) is 5.91 Å². The molecule has 0 atom stereocenters. The van der Waals surface area contributed by atoms with E-state index in [1.54, 1.807) is 25.1 Å². The molecule has 5 rings (SSSR count). The number of anilines is 3. The lowest BCUT2D eigenvalue weighted by Gasteiger charge is -2.32. The highest BCUT2D eigenvalue weighted by atomic mass is 16.4. The fraction of sp³-hybridized carbons (Fsp3) is 0.258. The molecule has 0 unspecified atom stereocenters. The third-order valence-electron chi connectivity index (χ3n) is 7.56. The highest BCUT2D eigenvalue weighted by molar-refractivity contribution is 6.38. The van der Waals surface area contributed by atoms with Crippen molar-refractivity contribution in [1.29, 1.82) is 0 Å². The van der Waals surface area contributed by atoms with Crippen molar-refractivity contribution in [3.63, 3.8) is 0 Å². The van der Waals surface area contributed by atoms with E-state index in [1.165, 1.54) is 17.0 Å². The Labute approximate surface area is 233 Å². The second-order valence-corrected chi connectivity index (χ2v) is 10.2. The molecule has 0 spiro atoms. The van der Waals surface area contributed by atoms with Crippen LogP contribution in [0.1, 0.15) is 21.5 Å². The SMILES string of the molecule is CN1CCN(CC(=O)N(C)c2ccc(N/C(=C3\C(=O)N(C)c4cc(C(=O)O)ccc43)c3ccccc3)cc2)CC1. The molecule has 0 aliphatic carbocycles. The molecular formula is C31H33N5O4. The number of carboxylic acid groups (broad SMARTS) is 1. The van der Waals surface area contributed by atoms with Crippen LogP contribution in [-0.4, -0.2) is 86.6 Å². The predicted octanol–water partition coefficient (Wildman–Crippen LogP) is 3.55. The second kappa shape index (κ2) is 11.3. The molecule has 40 heavy (non-hydrogen) atoms. The molecule has 1 fully saturated rings. The molecule has 0 bridgehead atoms. The van der Waals surface area contributed by atoms with Gasteiger partial charge >= 0.3 is 5.97 Å². The van der Waals surface area contributed by atoms with E-state index in [4.69, 9.17) is 0 Å². The standard InChI is InChI=1S/C31H33N5O4/c1-33-15-17-36(18-16-33)20-27(37)34(2)24-12-10-23(11-13-24)32-29(21-7-5-4-6-8-21)28-25-14-9-22(31(39)40)19-26(25)35(3)30(28)38/h4-14,19,32H,15-18,20H2,1-3H3,(H,39,40)/b29-28-. The molecule has 0 saturated carbocycles. The van der Waals surface area contributed by atoms with E-state index >= 15 is 0 Å². The van der Waals surface area contributed by atoms with Gasteiger partial charge < -0.3 is 25.1 Å². The van der Waals surface area contributed by atoms with Crippen LogP contribution in [0.4, 0.5) is 17.1 Å². The first-order valence-corrected chi connectivity index (χ1v) is 13.2. The molecule has 0 aromatic heterocycles. The van der Waals surface area contributed by atoms with Gasteiger partial charge in [-0.2, -0.15) is 0 Å². The summed E-state index contributed by atoms with van der Waals surface area (Å²) in [6, 6.07) is 21.8. The summed E-state index contributed by atoms with van der Waals surface area (Å²) in [6.45, 7) is 4.06. The minimum Gasteiger partial charge on any atom is -0.478 e. The largest absolute Gasteiger partial charge is 0.478 e. The van der Waals surface area contributed by atoms with Crippen LogP contribution in [0.25, 0.3) is 11.3 Å². The number of fused-ring (bicyclic) bond motifs is 1. The Balaban J connectivity index is 1.42. The van der Waals surface area contributed by atoms with E-state index in [0.717, 1.165) is 43.1 Å². The van der Waals surface area contributed by atoms with Crippen molar-refractivity contribution in [2.24, 2.45) is 0 Å². The molecule has 2 aliphatic rings. The predicted molar refractivity (Wildman–Crippen MR) is 157 cm³/mol. The third-order valence-corrected chi connectivity index (χ3v) is 7.56. The van der Waals surface area contributed by atoms with E-state index in [-0.39, 0.29) is 17.4 Å². The van der Waals surface area contributed by atoms with E-state index in [2.05, 4.69) is 22.2 Å². The summed E-state index contributed by atoms with van der Waals surface area (Å²) in [5.74, 6) is -1.24. The lowest BCUT2D eigenvalue weighted by atomic mass is 9.99. The lowest BCUT2D eigenvalue weighted by Crippen LogP contribution is -2.48. The number of carbonyl (C=O) groups is 3. The zero-order valence-electron chi connectivity index (χ0n) is 22.9. The summed E-state index contributed by atoms with van der Waals surface area (Å²) in [4.78, 5) is 45.5. The van der Waals surface area contributed by atoms with Gasteiger partial charge in [-0.15, -0.1) is 0 Å². The quantitative estimate of drug-likeness (QED) is 0.444. The first-order chi connectivity index (χ1) is 19.2. The average Bonchev–Trinajstić information content (AvgIpc) is 3.22. The normalized spacial score (nSPS) is 17.0. The zero-order chi connectivity index (χ0) is 28.4. The van der Waals surface area contributed by atoms with Crippen molar-refractivity contribution in [3.8, 4) is 0 Å². The van der Waals surface area contributed by atoms with Crippen molar-refractivity contribution in [3.05, 3.63) is 89.5 Å². The Morgan fingerprint density at radius 3 is 2.23 bits per heavy atom. The number of carbonyl (C=O) groups excluding carboxylic acids is 2. The zero-order valence-corrected chi connectivity index (χ0v) is 22.9. The Morgan fingerprint density at radius 1 is 0.900 bits per heavy atom. The van der Waals surface area contributed by atoms with E-state index in [1.807, 2.05) is 54.6 Å². The molecule has 2 heterocycles. The first kappa shape index (κ1) is 27.1. The van der Waals surface area contributed by atoms with Gasteiger partial charge in [0.2, 0.25) is 5.91 Å². The van der Waals surface area contributed by atoms with Gasteiger partial charge in [-0.05, 0) is 49.0 Å². The highest BCUT2D eigenvalue weighted by Crippen LogP contribution is 2.41. The number of aromatic carboxylic acids is 1. The summed E-state index contributed by atoms with van der Waals surface area (Å²) >= 11 is 0. The van der Waals surface area contributed by atoms with Crippen molar-refractivity contribution < 1.29 is 19.5 Å². The minimum atomic E-state index is -1.05. The fourth-order valence-electron chi connectivity index (χ4n) is 5.03. The second-order valence-electron chi connectivity index (χ2n) is 10.2. The molecule has 0 radical (unpaired) electrons. The fourth-order valence-corrected chi connectivity index (χ4v) is 5.03. The topological polar surface area (TPSA) is 96.4 Å². The van der Waals surface area contributed by atoms with Gasteiger partial charge in [0.05, 0.1) is 29.1 Å². The van der Waals surface area contributed by atoms with Crippen LogP contribution in [0.3, 0.4) is 0 Å². The molecule has 206 valence electrons. The van der Waals surface area contributed by atoms with E-state index < -0.39 is 5.97 Å². The maximum atomic E-state index is 13.5. The molecule has 3 aromatic carbocycles. The molecule has 2 amide bonds. The van der Waals surface area contributed by atoms with Crippen molar-refractivity contribution in [2.75, 3.05) is 69.0 Å². The Morgan fingerprint density at radius 2 is 1.57 bits per heavy atom. The Hall–Kier alpha value is -4.47. The molecule has 1 saturated heterocycles. The number of likely N-dealkylation sites (N-methyl/N-ethyl adjacent to an activating group) is 3. The maximum Gasteiger partial charge on any atom is 0.335 e. The van der Waals surface area contributed by atoms with Crippen molar-refractivity contribution in [2.45, 2.75) is 0 Å². The number of benzene rings is 3. The van der Waals surface area contributed by atoms with E-state index in [9.17, 15) is 19.5 Å². The summed E-state index contributed by atoms with van der Waals surface area (Å²) in [5.41, 5.74) is 4.76. The number of rotatable bonds is 7. The van der Waals surface area contributed by atoms with Gasteiger partial charge in [0.15, 0.2) is 0 Å². The monoisotopic (exact) mass is 539 g/mol. The maximum absolute atomic E-state index is 13.5. The number of carboxylic acids is 1. The van der Waals surface area contributed by atoms with Crippen molar-refractivity contribution >= 4 is 46.1 Å². The van der Waals surface area contributed by atoms with E-state index in [0.29, 0.717) is 29.1 Å². The van der Waals surface area contributed by atoms with Crippen LogP contribution < -0.4 is 15.1 Å². The minimum absolute atomic E-state index is 0.0364. The number of nitrogens with one attached hydrogen (secondary N) is 1. The van der Waals surface area contributed by atoms with Crippen LogP contribution in [0.15, 0.2) is 72.8 Å². The first-order valence-electron chi connectivity index (χ1n) is 13.2. The van der Waals surface area contributed by atoms with Gasteiger partial charge in [-0.1, -0.05) is 36.4 Å². The number of hydrogen-bond donors (Lipinski definition) is 2. The Bertz CT molecular complexity index is 1460. The smallest absolute Gasteiger partial charge is 0.335 e. The van der Waals surface area contributed by atoms with Gasteiger partial charge in [0.1, 0.15) is 0 Å². The highest BCUT2D eigenvalue weighted by Gasteiger charge is 2.33. The van der Waals surface area contributed by atoms with Crippen LogP contribution >= 0.6 is 0 Å². The number of amides is 2. The van der Waals surface area contributed by atoms with Gasteiger partial charge in [0, 0.05) is 57.2 Å².